The molecule has 88 valence electrons. The molecule has 0 atom stereocenters. The number of aldehydes is 1. The zero-order valence-corrected chi connectivity index (χ0v) is 9.67. The summed E-state index contributed by atoms with van der Waals surface area (Å²) in [6.45, 7) is 0.597. The summed E-state index contributed by atoms with van der Waals surface area (Å²) in [7, 11) is 1.91. The van der Waals surface area contributed by atoms with Crippen molar-refractivity contribution in [3.05, 3.63) is 47.8 Å². The molecule has 0 aliphatic carbocycles. The van der Waals surface area contributed by atoms with E-state index in [1.165, 1.54) is 0 Å². The third-order valence-electron chi connectivity index (χ3n) is 2.57. The number of aromatic nitrogens is 2. The van der Waals surface area contributed by atoms with E-state index in [0.29, 0.717) is 12.2 Å². The van der Waals surface area contributed by atoms with Gasteiger partial charge in [-0.25, -0.2) is 0 Å². The Kier molecular flexibility index (Phi) is 3.55. The van der Waals surface area contributed by atoms with Crippen molar-refractivity contribution in [2.75, 3.05) is 6.61 Å². The van der Waals surface area contributed by atoms with E-state index in [-0.39, 0.29) is 0 Å². The molecule has 0 unspecified atom stereocenters. The van der Waals surface area contributed by atoms with Crippen LogP contribution >= 0.6 is 0 Å². The van der Waals surface area contributed by atoms with Crippen LogP contribution in [0.5, 0.6) is 5.75 Å². The molecule has 0 fully saturated rings. The molecule has 2 aromatic rings. The van der Waals surface area contributed by atoms with Crippen LogP contribution in [0.1, 0.15) is 16.1 Å². The maximum absolute atomic E-state index is 10.5. The van der Waals surface area contributed by atoms with E-state index in [1.807, 2.05) is 17.8 Å². The Hall–Kier alpha value is -2.10. The van der Waals surface area contributed by atoms with Crippen LogP contribution in [0.2, 0.25) is 0 Å². The van der Waals surface area contributed by atoms with Crippen molar-refractivity contribution in [1.29, 1.82) is 0 Å². The number of hydrogen-bond donors (Lipinski definition) is 0. The topological polar surface area (TPSA) is 44.1 Å². The Morgan fingerprint density at radius 2 is 2.06 bits per heavy atom. The van der Waals surface area contributed by atoms with Crippen LogP contribution < -0.4 is 4.74 Å². The van der Waals surface area contributed by atoms with Gasteiger partial charge in [0.1, 0.15) is 12.0 Å². The highest BCUT2D eigenvalue weighted by atomic mass is 16.5. The van der Waals surface area contributed by atoms with Crippen molar-refractivity contribution < 1.29 is 9.53 Å². The van der Waals surface area contributed by atoms with E-state index in [1.54, 1.807) is 30.5 Å². The van der Waals surface area contributed by atoms with E-state index in [2.05, 4.69) is 5.10 Å². The summed E-state index contributed by atoms with van der Waals surface area (Å²) in [4.78, 5) is 10.5. The van der Waals surface area contributed by atoms with Crippen molar-refractivity contribution in [2.24, 2.45) is 7.05 Å². The summed E-state index contributed by atoms with van der Waals surface area (Å²) in [5, 5.41) is 4.09. The van der Waals surface area contributed by atoms with Gasteiger partial charge in [-0.2, -0.15) is 5.10 Å². The fourth-order valence-corrected chi connectivity index (χ4v) is 1.56. The van der Waals surface area contributed by atoms with Crippen molar-refractivity contribution in [3.63, 3.8) is 0 Å². The van der Waals surface area contributed by atoms with Crippen LogP contribution in [0.25, 0.3) is 0 Å². The third kappa shape index (κ3) is 2.93. The minimum atomic E-state index is 0.597. The number of hydrogen-bond acceptors (Lipinski definition) is 3. The highest BCUT2D eigenvalue weighted by Gasteiger charge is 1.99. The lowest BCUT2D eigenvalue weighted by Crippen LogP contribution is -2.05. The molecule has 0 amide bonds. The molecule has 0 saturated carbocycles. The number of rotatable bonds is 5. The average molecular weight is 230 g/mol. The monoisotopic (exact) mass is 230 g/mol. The van der Waals surface area contributed by atoms with Gasteiger partial charge < -0.3 is 4.74 Å². The van der Waals surface area contributed by atoms with Gasteiger partial charge in [-0.3, -0.25) is 9.48 Å². The van der Waals surface area contributed by atoms with Crippen LogP contribution in [-0.2, 0) is 13.5 Å². The van der Waals surface area contributed by atoms with Gasteiger partial charge in [-0.05, 0) is 30.3 Å². The molecule has 0 N–H and O–H groups in total. The molecule has 1 heterocycles. The first-order chi connectivity index (χ1) is 8.29. The molecule has 2 rings (SSSR count). The number of benzene rings is 1. The molecule has 0 aliphatic rings. The highest BCUT2D eigenvalue weighted by molar-refractivity contribution is 5.74. The summed E-state index contributed by atoms with van der Waals surface area (Å²) >= 11 is 0. The molecule has 4 heteroatoms. The lowest BCUT2D eigenvalue weighted by molar-refractivity contribution is 0.112. The Balaban J connectivity index is 1.85. The minimum absolute atomic E-state index is 0.597. The number of aryl methyl sites for hydroxylation is 1. The van der Waals surface area contributed by atoms with E-state index >= 15 is 0 Å². The average Bonchev–Trinajstić information content (AvgIpc) is 2.76. The van der Waals surface area contributed by atoms with Gasteiger partial charge in [0, 0.05) is 30.9 Å². The summed E-state index contributed by atoms with van der Waals surface area (Å²) in [5.41, 5.74) is 1.79. The number of carbonyl (C=O) groups is 1. The highest BCUT2D eigenvalue weighted by Crippen LogP contribution is 2.11. The van der Waals surface area contributed by atoms with Crippen molar-refractivity contribution in [1.82, 2.24) is 9.78 Å². The van der Waals surface area contributed by atoms with E-state index in [0.717, 1.165) is 24.2 Å². The molecule has 0 radical (unpaired) electrons. The molecule has 0 aliphatic heterocycles. The largest absolute Gasteiger partial charge is 0.493 e. The molecule has 0 spiro atoms. The first kappa shape index (κ1) is 11.4. The second-order valence-electron chi connectivity index (χ2n) is 3.73. The van der Waals surface area contributed by atoms with Gasteiger partial charge >= 0.3 is 0 Å². The smallest absolute Gasteiger partial charge is 0.150 e. The van der Waals surface area contributed by atoms with E-state index in [9.17, 15) is 4.79 Å². The maximum Gasteiger partial charge on any atom is 0.150 e. The third-order valence-corrected chi connectivity index (χ3v) is 2.57. The van der Waals surface area contributed by atoms with Gasteiger partial charge in [0.05, 0.1) is 6.61 Å². The van der Waals surface area contributed by atoms with Crippen LogP contribution in [0.15, 0.2) is 36.5 Å². The standard InChI is InChI=1S/C13H14N2O2/c1-15-12(6-8-14-15)7-9-17-13-4-2-11(10-16)3-5-13/h2-6,8,10H,7,9H2,1H3. The molecular weight excluding hydrogens is 216 g/mol. The van der Waals surface area contributed by atoms with Gasteiger partial charge in [0.15, 0.2) is 0 Å². The van der Waals surface area contributed by atoms with Crippen LogP contribution in [0.3, 0.4) is 0 Å². The van der Waals surface area contributed by atoms with Crippen molar-refractivity contribution in [2.45, 2.75) is 6.42 Å². The number of nitrogens with zero attached hydrogens (tertiary/aromatic N) is 2. The zero-order valence-electron chi connectivity index (χ0n) is 9.67. The predicted molar refractivity (Wildman–Crippen MR) is 64.2 cm³/mol. The number of ether oxygens (including phenoxy) is 1. The molecule has 0 saturated heterocycles. The van der Waals surface area contributed by atoms with Crippen LogP contribution in [0.4, 0.5) is 0 Å². The second-order valence-corrected chi connectivity index (χ2v) is 3.73. The SMILES string of the molecule is Cn1nccc1CCOc1ccc(C=O)cc1. The molecule has 0 bridgehead atoms. The molecular formula is C13H14N2O2. The van der Waals surface area contributed by atoms with Crippen molar-refractivity contribution >= 4 is 6.29 Å². The summed E-state index contributed by atoms with van der Waals surface area (Å²) in [6, 6.07) is 9.05. The Bertz CT molecular complexity index is 488. The first-order valence-corrected chi connectivity index (χ1v) is 5.44. The quantitative estimate of drug-likeness (QED) is 0.736. The number of carbonyl (C=O) groups excluding carboxylic acids is 1. The molecule has 1 aromatic carbocycles. The van der Waals surface area contributed by atoms with Gasteiger partial charge in [0.25, 0.3) is 0 Å². The van der Waals surface area contributed by atoms with Crippen LogP contribution in [-0.4, -0.2) is 22.7 Å². The van der Waals surface area contributed by atoms with Crippen LogP contribution in [0, 0.1) is 0 Å². The Morgan fingerprint density at radius 3 is 2.65 bits per heavy atom. The zero-order chi connectivity index (χ0) is 12.1. The normalized spacial score (nSPS) is 10.2. The van der Waals surface area contributed by atoms with Gasteiger partial charge in [0.2, 0.25) is 0 Å². The molecule has 4 nitrogen and oxygen atoms in total. The Labute approximate surface area is 99.8 Å². The first-order valence-electron chi connectivity index (χ1n) is 5.44. The molecule has 1 aromatic heterocycles. The summed E-state index contributed by atoms with van der Waals surface area (Å²) in [6.07, 6.45) is 3.40. The van der Waals surface area contributed by atoms with Gasteiger partial charge in [-0.1, -0.05) is 0 Å². The van der Waals surface area contributed by atoms with Crippen molar-refractivity contribution in [3.8, 4) is 5.75 Å². The fourth-order valence-electron chi connectivity index (χ4n) is 1.56. The van der Waals surface area contributed by atoms with Gasteiger partial charge in [-0.15, -0.1) is 0 Å². The summed E-state index contributed by atoms with van der Waals surface area (Å²) in [5.74, 6) is 0.776. The lowest BCUT2D eigenvalue weighted by Gasteiger charge is -2.06. The second kappa shape index (κ2) is 5.30. The van der Waals surface area contributed by atoms with E-state index in [4.69, 9.17) is 4.74 Å². The maximum atomic E-state index is 10.5. The fraction of sp³-hybridized carbons (Fsp3) is 0.231. The predicted octanol–water partition coefficient (Wildman–Crippen LogP) is 1.85. The lowest BCUT2D eigenvalue weighted by atomic mass is 10.2. The Morgan fingerprint density at radius 1 is 1.29 bits per heavy atom. The molecule has 17 heavy (non-hydrogen) atoms. The minimum Gasteiger partial charge on any atom is -0.493 e. The van der Waals surface area contributed by atoms with E-state index < -0.39 is 0 Å². The summed E-state index contributed by atoms with van der Waals surface area (Å²) < 4.78 is 7.41.